The van der Waals surface area contributed by atoms with Gasteiger partial charge in [-0.15, -0.1) is 11.8 Å². The molecule has 0 saturated heterocycles. The molecule has 0 bridgehead atoms. The quantitative estimate of drug-likeness (QED) is 0.0889. The van der Waals surface area contributed by atoms with E-state index < -0.39 is 106 Å². The molecule has 354 valence electrons. The van der Waals surface area contributed by atoms with Gasteiger partial charge in [0, 0.05) is 42.0 Å². The van der Waals surface area contributed by atoms with Crippen molar-refractivity contribution < 1.29 is 58.0 Å². The number of halogens is 11. The minimum atomic E-state index is -5.15. The molecule has 0 spiro atoms. The summed E-state index contributed by atoms with van der Waals surface area (Å²) in [6.07, 6.45) is -8.17. The zero-order chi connectivity index (χ0) is 49.0. The first-order valence-corrected chi connectivity index (χ1v) is 22.6. The highest BCUT2D eigenvalue weighted by Gasteiger charge is 2.54. The van der Waals surface area contributed by atoms with Gasteiger partial charge < -0.3 is 10.4 Å². The summed E-state index contributed by atoms with van der Waals surface area (Å²) in [6, 6.07) is 6.35. The van der Waals surface area contributed by atoms with E-state index in [1.54, 1.807) is 6.26 Å². The number of fused-ring (bicyclic) bond motifs is 2. The highest BCUT2D eigenvalue weighted by Crippen LogP contribution is 2.49. The van der Waals surface area contributed by atoms with Crippen LogP contribution in [0.3, 0.4) is 0 Å². The van der Waals surface area contributed by atoms with Crippen molar-refractivity contribution in [2.75, 3.05) is 24.3 Å². The average Bonchev–Trinajstić information content (AvgIpc) is 3.82. The van der Waals surface area contributed by atoms with E-state index in [2.05, 4.69) is 37.1 Å². The number of aromatic nitrogens is 5. The smallest absolute Gasteiger partial charge is 0.400 e. The summed E-state index contributed by atoms with van der Waals surface area (Å²) in [5, 5.41) is 16.7. The number of nitrogens with zero attached hydrogens (tertiary/aromatic N) is 5. The predicted molar refractivity (Wildman–Crippen MR) is 231 cm³/mol. The molecule has 6 rings (SSSR count). The minimum absolute atomic E-state index is 0.00860. The molecule has 3 atom stereocenters. The second-order valence-electron chi connectivity index (χ2n) is 14.8. The van der Waals surface area contributed by atoms with E-state index in [1.165, 1.54) is 42.3 Å². The third kappa shape index (κ3) is 12.3. The van der Waals surface area contributed by atoms with Gasteiger partial charge in [0.25, 0.3) is 5.92 Å². The molecule has 1 aliphatic carbocycles. The molecule has 23 heteroatoms. The molecule has 0 fully saturated rings. The molecule has 3 N–H and O–H groups in total. The third-order valence-corrected chi connectivity index (χ3v) is 11.6. The Balaban J connectivity index is 0.00000225. The minimum Gasteiger partial charge on any atom is -0.400 e. The van der Waals surface area contributed by atoms with Crippen LogP contribution in [-0.2, 0) is 53.8 Å². The first kappa shape index (κ1) is 52.8. The van der Waals surface area contributed by atoms with Crippen LogP contribution in [0.1, 0.15) is 74.6 Å². The highest BCUT2D eigenvalue weighted by atomic mass is 35.5. The third-order valence-electron chi connectivity index (χ3n) is 9.71. The van der Waals surface area contributed by atoms with Crippen LogP contribution in [0.25, 0.3) is 22.0 Å². The number of carbonyl (C=O) groups excluding carboxylic acids is 1. The number of aliphatic hydroxyl groups excluding tert-OH is 1. The van der Waals surface area contributed by atoms with Gasteiger partial charge in [-0.05, 0) is 74.8 Å². The van der Waals surface area contributed by atoms with Gasteiger partial charge in [0.15, 0.2) is 11.5 Å². The molecule has 2 aromatic carbocycles. The van der Waals surface area contributed by atoms with Gasteiger partial charge in [0.2, 0.25) is 5.91 Å². The zero-order valence-corrected chi connectivity index (χ0v) is 38.4. The average molecular weight is 984 g/mol. The maximum atomic E-state index is 15.4. The van der Waals surface area contributed by atoms with Crippen molar-refractivity contribution in [2.24, 2.45) is 5.92 Å². The van der Waals surface area contributed by atoms with Crippen LogP contribution < -0.4 is 10.0 Å². The number of nitrogens with one attached hydrogen (secondary N) is 2. The molecule has 1 aliphatic rings. The molecule has 1 amide bonds. The Morgan fingerprint density at radius 1 is 1.02 bits per heavy atom. The number of hydrogen-bond acceptors (Lipinski definition) is 7. The maximum absolute atomic E-state index is 15.4. The van der Waals surface area contributed by atoms with Crippen molar-refractivity contribution >= 4 is 57.0 Å². The van der Waals surface area contributed by atoms with Crippen LogP contribution in [-0.4, -0.2) is 70.3 Å². The monoisotopic (exact) mass is 983 g/mol. The van der Waals surface area contributed by atoms with E-state index in [1.807, 2.05) is 27.7 Å². The summed E-state index contributed by atoms with van der Waals surface area (Å²) in [5.74, 6) is -2.96. The number of alkyl halides is 8. The van der Waals surface area contributed by atoms with Crippen LogP contribution in [0.4, 0.5) is 49.7 Å². The summed E-state index contributed by atoms with van der Waals surface area (Å²) in [6.45, 7) is 5.83. The van der Waals surface area contributed by atoms with Gasteiger partial charge in [-0.1, -0.05) is 44.4 Å². The van der Waals surface area contributed by atoms with Gasteiger partial charge in [0.1, 0.15) is 47.1 Å². The standard InChI is InChI=1S/C39H34ClF10N7O2S2.C2H6.CH4O/c1-19-12-26-33(39(48,49)50)53-56(34(26)38(19,46)47)17-29(58)52-28(15-20-13-21(41)16-22(42)14-20)31-24(7-6-23(51-31)10-11-36(2,3)60-4)25-8-9-27(40)30-32(25)57(18-37(43,44)45)54-35(30)55-61(5)59;2*1-2/h6-9,13-14,16,19,28H,12,15,17-18H2,1-5H3,(H,52,58)(H,54,55);1-2H3;2H,1H3/t19-,28?,61?;;/m1../s1. The fourth-order valence-electron chi connectivity index (χ4n) is 6.93. The van der Waals surface area contributed by atoms with Crippen LogP contribution in [0.2, 0.25) is 5.02 Å². The lowest BCUT2D eigenvalue weighted by molar-refractivity contribution is -0.143. The lowest BCUT2D eigenvalue weighted by atomic mass is 9.93. The molecule has 0 saturated carbocycles. The number of hydrogen-bond donors (Lipinski definition) is 3. The SMILES string of the molecule is CC.CO.CSC(C)(C)C#Cc1ccc(-c2ccc(Cl)c3c(NS(C)=O)nn(CC(F)(F)F)c23)c(C(Cc2cc(F)cc(F)c2)NC(=O)Cn2nc(C(F)(F)F)c3c2C(F)(F)[C@H](C)C3)n1. The molecule has 3 aromatic heterocycles. The molecule has 2 unspecified atom stereocenters. The number of anilines is 1. The predicted octanol–water partition coefficient (Wildman–Crippen LogP) is 10.0. The van der Waals surface area contributed by atoms with Crippen molar-refractivity contribution in [3.05, 3.63) is 93.0 Å². The molecule has 65 heavy (non-hydrogen) atoms. The normalized spacial score (nSPS) is 15.4. The van der Waals surface area contributed by atoms with Gasteiger partial charge >= 0.3 is 12.4 Å². The van der Waals surface area contributed by atoms with Crippen molar-refractivity contribution in [3.8, 4) is 23.0 Å². The van der Waals surface area contributed by atoms with E-state index in [4.69, 9.17) is 16.7 Å². The van der Waals surface area contributed by atoms with E-state index in [0.717, 1.165) is 26.2 Å². The summed E-state index contributed by atoms with van der Waals surface area (Å²) >= 11 is 7.92. The Bertz CT molecular complexity index is 2600. The van der Waals surface area contributed by atoms with E-state index in [-0.39, 0.29) is 54.5 Å². The van der Waals surface area contributed by atoms with Crippen molar-refractivity contribution in [1.82, 2.24) is 29.9 Å². The zero-order valence-electron chi connectivity index (χ0n) is 36.0. The fraction of sp³-hybridized carbons (Fsp3) is 0.429. The van der Waals surface area contributed by atoms with Crippen LogP contribution in [0.15, 0.2) is 42.5 Å². The summed E-state index contributed by atoms with van der Waals surface area (Å²) in [5.41, 5.74) is -3.95. The van der Waals surface area contributed by atoms with E-state index in [0.29, 0.717) is 10.7 Å². The van der Waals surface area contributed by atoms with Crippen molar-refractivity contribution in [2.45, 2.75) is 89.6 Å². The number of thioether (sulfide) groups is 1. The van der Waals surface area contributed by atoms with E-state index >= 15 is 8.78 Å². The second kappa shape index (κ2) is 20.8. The Kier molecular flexibility index (Phi) is 16.9. The number of amides is 1. The molecular weight excluding hydrogens is 940 g/mol. The topological polar surface area (TPSA) is 127 Å². The first-order valence-electron chi connectivity index (χ1n) is 19.5. The largest absolute Gasteiger partial charge is 0.435 e. The van der Waals surface area contributed by atoms with E-state index in [9.17, 15) is 44.1 Å². The van der Waals surface area contributed by atoms with Crippen molar-refractivity contribution in [3.63, 3.8) is 0 Å². The number of carbonyl (C=O) groups is 1. The Morgan fingerprint density at radius 3 is 2.20 bits per heavy atom. The van der Waals surface area contributed by atoms with Gasteiger partial charge in [-0.25, -0.2) is 18.0 Å². The highest BCUT2D eigenvalue weighted by molar-refractivity contribution is 8.00. The Hall–Kier alpha value is -4.85. The summed E-state index contributed by atoms with van der Waals surface area (Å²) in [4.78, 5) is 18.7. The number of pyridine rings is 1. The van der Waals surface area contributed by atoms with Crippen molar-refractivity contribution in [1.29, 1.82) is 0 Å². The van der Waals surface area contributed by atoms with Gasteiger partial charge in [-0.3, -0.25) is 18.9 Å². The second-order valence-corrected chi connectivity index (χ2v) is 17.7. The van der Waals surface area contributed by atoms with Crippen LogP contribution >= 0.6 is 23.4 Å². The Morgan fingerprint density at radius 2 is 1.63 bits per heavy atom. The number of benzene rings is 2. The lowest BCUT2D eigenvalue weighted by Gasteiger charge is -2.23. The molecular formula is C42H44ClF10N7O3S2. The Labute approximate surface area is 379 Å². The molecule has 3 heterocycles. The molecule has 0 aliphatic heterocycles. The summed E-state index contributed by atoms with van der Waals surface area (Å²) in [7, 11) is -0.849. The van der Waals surface area contributed by atoms with Gasteiger partial charge in [0.05, 0.1) is 32.4 Å². The van der Waals surface area contributed by atoms with Crippen LogP contribution in [0.5, 0.6) is 0 Å². The van der Waals surface area contributed by atoms with Crippen LogP contribution in [0, 0.1) is 29.4 Å². The number of rotatable bonds is 11. The fourth-order valence-corrected chi connectivity index (χ4v) is 7.74. The first-order chi connectivity index (χ1) is 30.3. The molecule has 5 aromatic rings. The van der Waals surface area contributed by atoms with Gasteiger partial charge in [-0.2, -0.15) is 45.3 Å². The lowest BCUT2D eigenvalue weighted by Crippen LogP contribution is -2.35. The number of aliphatic hydroxyl groups is 1. The maximum Gasteiger partial charge on any atom is 0.435 e. The summed E-state index contributed by atoms with van der Waals surface area (Å²) < 4.78 is 159. The molecule has 0 radical (unpaired) electrons. The molecule has 10 nitrogen and oxygen atoms in total.